The summed E-state index contributed by atoms with van der Waals surface area (Å²) in [5.41, 5.74) is 2.64. The molecule has 0 spiro atoms. The van der Waals surface area contributed by atoms with Crippen LogP contribution in [0.1, 0.15) is 11.5 Å². The van der Waals surface area contributed by atoms with E-state index in [0.717, 1.165) is 16.7 Å². The van der Waals surface area contributed by atoms with Gasteiger partial charge in [-0.05, 0) is 24.6 Å². The summed E-state index contributed by atoms with van der Waals surface area (Å²) in [5.74, 6) is 0.355. The molecule has 4 heteroatoms. The fraction of sp³-hybridized carbons (Fsp3) is 0.273. The van der Waals surface area contributed by atoms with Crippen LogP contribution in [0.5, 0.6) is 0 Å². The van der Waals surface area contributed by atoms with E-state index in [2.05, 4.69) is 10.3 Å². The number of rotatable bonds is 2. The molecule has 15 heavy (non-hydrogen) atoms. The van der Waals surface area contributed by atoms with Gasteiger partial charge in [-0.15, -0.1) is 0 Å². The summed E-state index contributed by atoms with van der Waals surface area (Å²) in [4.78, 5) is 15.3. The predicted octanol–water partition coefficient (Wildman–Crippen LogP) is 1.42. The van der Waals surface area contributed by atoms with Gasteiger partial charge in [0.05, 0.1) is 0 Å². The Morgan fingerprint density at radius 3 is 3.07 bits per heavy atom. The van der Waals surface area contributed by atoms with Crippen LogP contribution in [-0.2, 0) is 11.2 Å². The SMILES string of the molecule is CNC(=O)Cc1nc2ccc(C)cc2o1. The van der Waals surface area contributed by atoms with E-state index in [1.165, 1.54) is 0 Å². The maximum absolute atomic E-state index is 11.1. The Bertz CT molecular complexity index is 502. The van der Waals surface area contributed by atoms with Gasteiger partial charge in [0.15, 0.2) is 5.58 Å². The van der Waals surface area contributed by atoms with Crippen LogP contribution in [0.2, 0.25) is 0 Å². The molecule has 1 aromatic carbocycles. The highest BCUT2D eigenvalue weighted by Gasteiger charge is 2.09. The number of amides is 1. The smallest absolute Gasteiger partial charge is 0.229 e. The lowest BCUT2D eigenvalue weighted by Crippen LogP contribution is -2.19. The summed E-state index contributed by atoms with van der Waals surface area (Å²) in [6.07, 6.45) is 0.185. The van der Waals surface area contributed by atoms with Gasteiger partial charge in [-0.1, -0.05) is 6.07 Å². The summed E-state index contributed by atoms with van der Waals surface area (Å²) in [6, 6.07) is 5.77. The second-order valence-corrected chi connectivity index (χ2v) is 3.43. The minimum absolute atomic E-state index is 0.0988. The first kappa shape index (κ1) is 9.71. The Balaban J connectivity index is 2.34. The van der Waals surface area contributed by atoms with Gasteiger partial charge in [-0.25, -0.2) is 4.98 Å². The topological polar surface area (TPSA) is 55.1 Å². The first-order chi connectivity index (χ1) is 7.19. The number of carbonyl (C=O) groups is 1. The number of hydrogen-bond acceptors (Lipinski definition) is 3. The van der Waals surface area contributed by atoms with Crippen molar-refractivity contribution in [2.24, 2.45) is 0 Å². The quantitative estimate of drug-likeness (QED) is 0.805. The maximum Gasteiger partial charge on any atom is 0.229 e. The van der Waals surface area contributed by atoms with Crippen LogP contribution < -0.4 is 5.32 Å². The lowest BCUT2D eigenvalue weighted by Gasteiger charge is -1.92. The summed E-state index contributed by atoms with van der Waals surface area (Å²) in [7, 11) is 1.59. The Kier molecular flexibility index (Phi) is 2.41. The number of aryl methyl sites for hydroxylation is 1. The van der Waals surface area contributed by atoms with Crippen molar-refractivity contribution in [3.05, 3.63) is 29.7 Å². The van der Waals surface area contributed by atoms with Crippen LogP contribution in [0, 0.1) is 6.92 Å². The molecule has 1 N–H and O–H groups in total. The molecule has 78 valence electrons. The van der Waals surface area contributed by atoms with Gasteiger partial charge in [0.25, 0.3) is 0 Å². The van der Waals surface area contributed by atoms with E-state index in [9.17, 15) is 4.79 Å². The number of hydrogen-bond donors (Lipinski definition) is 1. The maximum atomic E-state index is 11.1. The molecule has 0 aliphatic rings. The monoisotopic (exact) mass is 204 g/mol. The van der Waals surface area contributed by atoms with Crippen molar-refractivity contribution in [2.45, 2.75) is 13.3 Å². The number of benzene rings is 1. The van der Waals surface area contributed by atoms with Crippen molar-refractivity contribution >= 4 is 17.0 Å². The van der Waals surface area contributed by atoms with Crippen molar-refractivity contribution in [3.63, 3.8) is 0 Å². The number of carbonyl (C=O) groups excluding carboxylic acids is 1. The number of oxazole rings is 1. The van der Waals surface area contributed by atoms with Gasteiger partial charge in [0.1, 0.15) is 11.9 Å². The molecular weight excluding hydrogens is 192 g/mol. The Hall–Kier alpha value is -1.84. The van der Waals surface area contributed by atoms with Crippen LogP contribution in [-0.4, -0.2) is 17.9 Å². The molecule has 4 nitrogen and oxygen atoms in total. The summed E-state index contributed by atoms with van der Waals surface area (Å²) in [6.45, 7) is 1.99. The highest BCUT2D eigenvalue weighted by molar-refractivity contribution is 5.79. The standard InChI is InChI=1S/C11H12N2O2/c1-7-3-4-8-9(5-7)15-11(13-8)6-10(14)12-2/h3-5H,6H2,1-2H3,(H,12,14). The average molecular weight is 204 g/mol. The Morgan fingerprint density at radius 1 is 1.53 bits per heavy atom. The highest BCUT2D eigenvalue weighted by atomic mass is 16.3. The molecule has 0 atom stereocenters. The fourth-order valence-electron chi connectivity index (χ4n) is 1.38. The third-order valence-corrected chi connectivity index (χ3v) is 2.18. The number of fused-ring (bicyclic) bond motifs is 1. The number of likely N-dealkylation sites (N-methyl/N-ethyl adjacent to an activating group) is 1. The highest BCUT2D eigenvalue weighted by Crippen LogP contribution is 2.17. The van der Waals surface area contributed by atoms with Gasteiger partial charge >= 0.3 is 0 Å². The van der Waals surface area contributed by atoms with Gasteiger partial charge in [0.2, 0.25) is 11.8 Å². The largest absolute Gasteiger partial charge is 0.440 e. The van der Waals surface area contributed by atoms with Gasteiger partial charge in [-0.3, -0.25) is 4.79 Å². The first-order valence-electron chi connectivity index (χ1n) is 4.75. The van der Waals surface area contributed by atoms with Crippen molar-refractivity contribution in [1.29, 1.82) is 0 Å². The molecule has 0 radical (unpaired) electrons. The van der Waals surface area contributed by atoms with Crippen molar-refractivity contribution < 1.29 is 9.21 Å². The number of aromatic nitrogens is 1. The van der Waals surface area contributed by atoms with Crippen molar-refractivity contribution in [1.82, 2.24) is 10.3 Å². The molecule has 1 amide bonds. The van der Waals surface area contributed by atoms with Crippen LogP contribution in [0.3, 0.4) is 0 Å². The molecule has 0 aliphatic heterocycles. The van der Waals surface area contributed by atoms with E-state index in [0.29, 0.717) is 5.89 Å². The van der Waals surface area contributed by atoms with Crippen LogP contribution in [0.15, 0.2) is 22.6 Å². The zero-order chi connectivity index (χ0) is 10.8. The molecule has 0 unspecified atom stereocenters. The van der Waals surface area contributed by atoms with E-state index in [1.807, 2.05) is 25.1 Å². The van der Waals surface area contributed by atoms with E-state index < -0.39 is 0 Å². The third-order valence-electron chi connectivity index (χ3n) is 2.18. The number of nitrogens with zero attached hydrogens (tertiary/aromatic N) is 1. The zero-order valence-electron chi connectivity index (χ0n) is 8.70. The molecule has 2 rings (SSSR count). The van der Waals surface area contributed by atoms with Crippen molar-refractivity contribution in [3.8, 4) is 0 Å². The second-order valence-electron chi connectivity index (χ2n) is 3.43. The molecule has 0 saturated heterocycles. The zero-order valence-corrected chi connectivity index (χ0v) is 8.70. The van der Waals surface area contributed by atoms with Gasteiger partial charge in [-0.2, -0.15) is 0 Å². The molecule has 1 heterocycles. The van der Waals surface area contributed by atoms with Crippen LogP contribution in [0.4, 0.5) is 0 Å². The van der Waals surface area contributed by atoms with Crippen LogP contribution in [0.25, 0.3) is 11.1 Å². The minimum atomic E-state index is -0.0988. The minimum Gasteiger partial charge on any atom is -0.440 e. The second kappa shape index (κ2) is 3.73. The third kappa shape index (κ3) is 1.98. The summed E-state index contributed by atoms with van der Waals surface area (Å²) < 4.78 is 5.45. The van der Waals surface area contributed by atoms with E-state index >= 15 is 0 Å². The average Bonchev–Trinajstić information content (AvgIpc) is 2.59. The predicted molar refractivity (Wildman–Crippen MR) is 56.5 cm³/mol. The van der Waals surface area contributed by atoms with Gasteiger partial charge in [0, 0.05) is 7.05 Å². The molecule has 0 bridgehead atoms. The van der Waals surface area contributed by atoms with E-state index in [-0.39, 0.29) is 12.3 Å². The molecule has 1 aromatic heterocycles. The van der Waals surface area contributed by atoms with Crippen LogP contribution >= 0.6 is 0 Å². The normalized spacial score (nSPS) is 10.5. The van der Waals surface area contributed by atoms with E-state index in [1.54, 1.807) is 7.05 Å². The first-order valence-corrected chi connectivity index (χ1v) is 4.75. The fourth-order valence-corrected chi connectivity index (χ4v) is 1.38. The molecular formula is C11H12N2O2. The summed E-state index contributed by atoms with van der Waals surface area (Å²) in [5, 5.41) is 2.53. The van der Waals surface area contributed by atoms with Gasteiger partial charge < -0.3 is 9.73 Å². The summed E-state index contributed by atoms with van der Waals surface area (Å²) >= 11 is 0. The number of nitrogens with one attached hydrogen (secondary N) is 1. The lowest BCUT2D eigenvalue weighted by molar-refractivity contribution is -0.120. The molecule has 2 aromatic rings. The molecule has 0 fully saturated rings. The Labute approximate surface area is 87.3 Å². The molecule has 0 aliphatic carbocycles. The van der Waals surface area contributed by atoms with Crippen molar-refractivity contribution in [2.75, 3.05) is 7.05 Å². The molecule has 0 saturated carbocycles. The Morgan fingerprint density at radius 2 is 2.33 bits per heavy atom. The lowest BCUT2D eigenvalue weighted by atomic mass is 10.2. The van der Waals surface area contributed by atoms with E-state index in [4.69, 9.17) is 4.42 Å².